The highest BCUT2D eigenvalue weighted by Crippen LogP contribution is 2.23. The second kappa shape index (κ2) is 6.94. The second-order valence-electron chi connectivity index (χ2n) is 6.46. The van der Waals surface area contributed by atoms with Gasteiger partial charge in [-0.3, -0.25) is 20.0 Å². The molecule has 0 saturated carbocycles. The number of aryl methyl sites for hydroxylation is 1. The number of benzene rings is 2. The molecule has 2 aromatic heterocycles. The molecule has 0 unspecified atom stereocenters. The smallest absolute Gasteiger partial charge is 0.273 e. The lowest BCUT2D eigenvalue weighted by atomic mass is 10.1. The summed E-state index contributed by atoms with van der Waals surface area (Å²) in [6.07, 6.45) is 0.589. The van der Waals surface area contributed by atoms with E-state index in [2.05, 4.69) is 10.1 Å². The summed E-state index contributed by atoms with van der Waals surface area (Å²) in [6.45, 7) is 1.89. The maximum atomic E-state index is 12.6. The average Bonchev–Trinajstić information content (AvgIpc) is 3.00. The highest BCUT2D eigenvalue weighted by molar-refractivity contribution is 6.30. The van der Waals surface area contributed by atoms with Crippen molar-refractivity contribution in [1.29, 1.82) is 0 Å². The van der Waals surface area contributed by atoms with Crippen molar-refractivity contribution in [2.75, 3.05) is 0 Å². The van der Waals surface area contributed by atoms with Gasteiger partial charge in [0.15, 0.2) is 5.65 Å². The summed E-state index contributed by atoms with van der Waals surface area (Å²) in [5, 5.41) is 14.6. The first-order valence-electron chi connectivity index (χ1n) is 8.53. The molecule has 0 bridgehead atoms. The van der Waals surface area contributed by atoms with E-state index in [1.54, 1.807) is 12.1 Å². The predicted molar refractivity (Wildman–Crippen MR) is 107 cm³/mol. The Kier molecular flexibility index (Phi) is 4.44. The molecule has 2 aromatic carbocycles. The SMILES string of the molecule is Cc1[nH]n2c(=O)cc(-c3ccc([N+](=O)[O-])cc3)nc2c1Cc1ccc(Cl)cc1. The zero-order chi connectivity index (χ0) is 19.8. The quantitative estimate of drug-likeness (QED) is 0.415. The minimum atomic E-state index is -0.463. The van der Waals surface area contributed by atoms with Crippen molar-refractivity contribution >= 4 is 22.9 Å². The van der Waals surface area contributed by atoms with Crippen LogP contribution in [0.25, 0.3) is 16.9 Å². The van der Waals surface area contributed by atoms with E-state index < -0.39 is 4.92 Å². The molecule has 28 heavy (non-hydrogen) atoms. The lowest BCUT2D eigenvalue weighted by molar-refractivity contribution is -0.384. The lowest BCUT2D eigenvalue weighted by Gasteiger charge is -2.04. The summed E-state index contributed by atoms with van der Waals surface area (Å²) in [5.74, 6) is 0. The van der Waals surface area contributed by atoms with Crippen molar-refractivity contribution in [2.45, 2.75) is 13.3 Å². The molecule has 0 radical (unpaired) electrons. The van der Waals surface area contributed by atoms with Crippen LogP contribution in [0.2, 0.25) is 5.02 Å². The molecular weight excluding hydrogens is 380 g/mol. The summed E-state index contributed by atoms with van der Waals surface area (Å²) in [6, 6.07) is 14.9. The van der Waals surface area contributed by atoms with Gasteiger partial charge in [-0.2, -0.15) is 0 Å². The molecule has 4 rings (SSSR count). The van der Waals surface area contributed by atoms with Crippen molar-refractivity contribution in [2.24, 2.45) is 0 Å². The molecule has 2 heterocycles. The molecule has 140 valence electrons. The van der Waals surface area contributed by atoms with Crippen molar-refractivity contribution in [3.63, 3.8) is 0 Å². The van der Waals surface area contributed by atoms with E-state index in [-0.39, 0.29) is 11.2 Å². The number of non-ortho nitro benzene ring substituents is 1. The van der Waals surface area contributed by atoms with E-state index in [1.807, 2.05) is 31.2 Å². The average molecular weight is 395 g/mol. The summed E-state index contributed by atoms with van der Waals surface area (Å²) in [5.41, 5.74) is 4.19. The number of hydrogen-bond acceptors (Lipinski definition) is 4. The molecule has 0 spiro atoms. The monoisotopic (exact) mass is 394 g/mol. The van der Waals surface area contributed by atoms with E-state index >= 15 is 0 Å². The number of fused-ring (bicyclic) bond motifs is 1. The Hall–Kier alpha value is -3.45. The van der Waals surface area contributed by atoms with Gasteiger partial charge in [-0.05, 0) is 36.8 Å². The van der Waals surface area contributed by atoms with Gasteiger partial charge in [0, 0.05) is 46.5 Å². The van der Waals surface area contributed by atoms with E-state index in [0.717, 1.165) is 16.8 Å². The van der Waals surface area contributed by atoms with E-state index in [0.29, 0.717) is 28.3 Å². The Morgan fingerprint density at radius 2 is 1.82 bits per heavy atom. The third kappa shape index (κ3) is 3.27. The third-order valence-corrected chi connectivity index (χ3v) is 4.84. The van der Waals surface area contributed by atoms with Crippen LogP contribution in [0, 0.1) is 17.0 Å². The van der Waals surface area contributed by atoms with Crippen LogP contribution < -0.4 is 5.56 Å². The first-order chi connectivity index (χ1) is 13.4. The molecule has 0 aliphatic heterocycles. The molecule has 0 aliphatic rings. The summed E-state index contributed by atoms with van der Waals surface area (Å²) in [4.78, 5) is 27.6. The first kappa shape index (κ1) is 17.9. The van der Waals surface area contributed by atoms with Crippen LogP contribution in [0.3, 0.4) is 0 Å². The number of H-pyrrole nitrogens is 1. The first-order valence-corrected chi connectivity index (χ1v) is 8.91. The Morgan fingerprint density at radius 3 is 2.46 bits per heavy atom. The van der Waals surface area contributed by atoms with Gasteiger partial charge in [0.05, 0.1) is 10.6 Å². The Bertz CT molecular complexity index is 1240. The minimum absolute atomic E-state index is 0.0116. The maximum Gasteiger partial charge on any atom is 0.273 e. The van der Waals surface area contributed by atoms with Crippen molar-refractivity contribution in [3.05, 3.63) is 96.9 Å². The topological polar surface area (TPSA) is 93.3 Å². The van der Waals surface area contributed by atoms with Gasteiger partial charge < -0.3 is 0 Å². The number of aromatic nitrogens is 3. The van der Waals surface area contributed by atoms with Crippen LogP contribution >= 0.6 is 11.6 Å². The fourth-order valence-electron chi connectivity index (χ4n) is 3.12. The zero-order valence-electron chi connectivity index (χ0n) is 14.8. The van der Waals surface area contributed by atoms with Gasteiger partial charge in [0.25, 0.3) is 11.2 Å². The third-order valence-electron chi connectivity index (χ3n) is 4.59. The van der Waals surface area contributed by atoms with E-state index in [1.165, 1.54) is 22.7 Å². The number of nitrogens with one attached hydrogen (secondary N) is 1. The molecule has 0 fully saturated rings. The summed E-state index contributed by atoms with van der Waals surface area (Å²) < 4.78 is 1.41. The van der Waals surface area contributed by atoms with Gasteiger partial charge in [0.2, 0.25) is 0 Å². The summed E-state index contributed by atoms with van der Waals surface area (Å²) in [7, 11) is 0. The lowest BCUT2D eigenvalue weighted by Crippen LogP contribution is -2.14. The van der Waals surface area contributed by atoms with Gasteiger partial charge in [-0.25, -0.2) is 9.50 Å². The van der Waals surface area contributed by atoms with Crippen molar-refractivity contribution in [1.82, 2.24) is 14.6 Å². The molecule has 1 N–H and O–H groups in total. The highest BCUT2D eigenvalue weighted by Gasteiger charge is 2.15. The van der Waals surface area contributed by atoms with Crippen LogP contribution in [-0.4, -0.2) is 19.5 Å². The highest BCUT2D eigenvalue weighted by atomic mass is 35.5. The molecule has 8 heteroatoms. The Balaban J connectivity index is 1.81. The molecular formula is C20H15ClN4O3. The molecule has 4 aromatic rings. The number of rotatable bonds is 4. The van der Waals surface area contributed by atoms with E-state index in [9.17, 15) is 14.9 Å². The van der Waals surface area contributed by atoms with Gasteiger partial charge in [-0.1, -0.05) is 23.7 Å². The largest absolute Gasteiger partial charge is 0.294 e. The number of nitro groups is 1. The molecule has 0 aliphatic carbocycles. The Morgan fingerprint density at radius 1 is 1.14 bits per heavy atom. The van der Waals surface area contributed by atoms with Crippen LogP contribution in [0.5, 0.6) is 0 Å². The van der Waals surface area contributed by atoms with Gasteiger partial charge in [-0.15, -0.1) is 0 Å². The fraction of sp³-hybridized carbons (Fsp3) is 0.100. The van der Waals surface area contributed by atoms with Crippen LogP contribution in [0.1, 0.15) is 16.8 Å². The van der Waals surface area contributed by atoms with E-state index in [4.69, 9.17) is 11.6 Å². The maximum absolute atomic E-state index is 12.6. The number of nitrogens with zero attached hydrogens (tertiary/aromatic N) is 3. The molecule has 0 atom stereocenters. The van der Waals surface area contributed by atoms with Gasteiger partial charge >= 0.3 is 0 Å². The predicted octanol–water partition coefficient (Wildman–Crippen LogP) is 4.15. The fourth-order valence-corrected chi connectivity index (χ4v) is 3.24. The van der Waals surface area contributed by atoms with Crippen LogP contribution in [0.4, 0.5) is 5.69 Å². The summed E-state index contributed by atoms with van der Waals surface area (Å²) >= 11 is 5.95. The van der Waals surface area contributed by atoms with Crippen LogP contribution in [0.15, 0.2) is 59.4 Å². The Labute approximate surface area is 164 Å². The molecule has 0 amide bonds. The molecule has 0 saturated heterocycles. The number of aromatic amines is 1. The van der Waals surface area contributed by atoms with Crippen LogP contribution in [-0.2, 0) is 6.42 Å². The van der Waals surface area contributed by atoms with Crippen molar-refractivity contribution < 1.29 is 4.92 Å². The number of nitro benzene ring substituents is 1. The van der Waals surface area contributed by atoms with Gasteiger partial charge in [0.1, 0.15) is 0 Å². The minimum Gasteiger partial charge on any atom is -0.294 e. The molecule has 7 nitrogen and oxygen atoms in total. The van der Waals surface area contributed by atoms with Crippen molar-refractivity contribution in [3.8, 4) is 11.3 Å². The number of hydrogen-bond donors (Lipinski definition) is 1. The normalized spacial score (nSPS) is 11.1. The standard InChI is InChI=1S/C20H15ClN4O3/c1-12-17(10-13-2-6-15(21)7-3-13)20-22-18(11-19(26)24(20)23-12)14-4-8-16(9-5-14)25(27)28/h2-9,11,23H,10H2,1H3. The zero-order valence-corrected chi connectivity index (χ0v) is 15.6. The second-order valence-corrected chi connectivity index (χ2v) is 6.90. The number of halogens is 1.